The van der Waals surface area contributed by atoms with Crippen molar-refractivity contribution in [1.82, 2.24) is 0 Å². The Hall–Kier alpha value is -1.14. The second-order valence-corrected chi connectivity index (χ2v) is 6.53. The van der Waals surface area contributed by atoms with Gasteiger partial charge in [-0.05, 0) is 25.0 Å². The van der Waals surface area contributed by atoms with Crippen LogP contribution in [-0.2, 0) is 9.84 Å². The first-order valence-electron chi connectivity index (χ1n) is 6.24. The van der Waals surface area contributed by atoms with Crippen LogP contribution in [0, 0.1) is 5.82 Å². The lowest BCUT2D eigenvalue weighted by molar-refractivity contribution is 0.194. The van der Waals surface area contributed by atoms with Crippen molar-refractivity contribution in [2.24, 2.45) is 5.73 Å². The van der Waals surface area contributed by atoms with Crippen molar-refractivity contribution in [3.63, 3.8) is 0 Å². The molecule has 1 aromatic rings. The van der Waals surface area contributed by atoms with Crippen molar-refractivity contribution in [3.8, 4) is 5.75 Å². The molecule has 0 aliphatic rings. The molecule has 0 heterocycles. The molecule has 0 radical (unpaired) electrons. The normalized spacial score (nSPS) is 13.3. The minimum atomic E-state index is -3.46. The largest absolute Gasteiger partial charge is 0.489 e. The van der Waals surface area contributed by atoms with Crippen molar-refractivity contribution >= 4 is 9.84 Å². The number of sulfone groups is 1. The van der Waals surface area contributed by atoms with Crippen LogP contribution in [-0.4, -0.2) is 27.3 Å². The Kier molecular flexibility index (Phi) is 5.75. The summed E-state index contributed by atoms with van der Waals surface area (Å²) in [5, 5.41) is 0. The number of rotatable bonds is 7. The first kappa shape index (κ1) is 15.9. The molecule has 4 nitrogen and oxygen atoms in total. The van der Waals surface area contributed by atoms with Crippen LogP contribution in [0.1, 0.15) is 26.2 Å². The second-order valence-electron chi connectivity index (χ2n) is 4.51. The first-order chi connectivity index (χ1) is 8.86. The SMILES string of the molecule is CCCCC(CN)Oc1cc(F)cc(S(C)(=O)=O)c1. The van der Waals surface area contributed by atoms with Crippen LogP contribution in [0.5, 0.6) is 5.75 Å². The molecule has 0 amide bonds. The van der Waals surface area contributed by atoms with Gasteiger partial charge in [0, 0.05) is 18.9 Å². The highest BCUT2D eigenvalue weighted by molar-refractivity contribution is 7.90. The Morgan fingerprint density at radius 1 is 1.37 bits per heavy atom. The van der Waals surface area contributed by atoms with Crippen molar-refractivity contribution in [2.75, 3.05) is 12.8 Å². The topological polar surface area (TPSA) is 69.4 Å². The third-order valence-electron chi connectivity index (χ3n) is 2.72. The van der Waals surface area contributed by atoms with Gasteiger partial charge in [0.05, 0.1) is 4.90 Å². The maximum Gasteiger partial charge on any atom is 0.175 e. The Morgan fingerprint density at radius 2 is 2.05 bits per heavy atom. The maximum absolute atomic E-state index is 13.4. The van der Waals surface area contributed by atoms with E-state index in [-0.39, 0.29) is 16.7 Å². The monoisotopic (exact) mass is 289 g/mol. The zero-order chi connectivity index (χ0) is 14.5. The van der Waals surface area contributed by atoms with Crippen LogP contribution in [0.25, 0.3) is 0 Å². The van der Waals surface area contributed by atoms with E-state index in [1.54, 1.807) is 0 Å². The number of nitrogens with two attached hydrogens (primary N) is 1. The van der Waals surface area contributed by atoms with E-state index in [0.717, 1.165) is 31.6 Å². The average Bonchev–Trinajstić information content (AvgIpc) is 2.32. The molecule has 0 bridgehead atoms. The Balaban J connectivity index is 2.91. The smallest absolute Gasteiger partial charge is 0.175 e. The molecule has 19 heavy (non-hydrogen) atoms. The number of hydrogen-bond donors (Lipinski definition) is 1. The molecule has 2 N–H and O–H groups in total. The predicted molar refractivity (Wildman–Crippen MR) is 72.5 cm³/mol. The van der Waals surface area contributed by atoms with Crippen molar-refractivity contribution in [1.29, 1.82) is 0 Å². The number of halogens is 1. The molecular weight excluding hydrogens is 269 g/mol. The lowest BCUT2D eigenvalue weighted by Gasteiger charge is -2.17. The van der Waals surface area contributed by atoms with Gasteiger partial charge < -0.3 is 10.5 Å². The van der Waals surface area contributed by atoms with Crippen LogP contribution in [0.15, 0.2) is 23.1 Å². The van der Waals surface area contributed by atoms with Crippen LogP contribution in [0.4, 0.5) is 4.39 Å². The van der Waals surface area contributed by atoms with Gasteiger partial charge in [-0.1, -0.05) is 13.3 Å². The summed E-state index contributed by atoms with van der Waals surface area (Å²) >= 11 is 0. The van der Waals surface area contributed by atoms with Gasteiger partial charge in [0.1, 0.15) is 17.7 Å². The highest BCUT2D eigenvalue weighted by Crippen LogP contribution is 2.22. The number of hydrogen-bond acceptors (Lipinski definition) is 4. The van der Waals surface area contributed by atoms with Gasteiger partial charge in [0.15, 0.2) is 9.84 Å². The summed E-state index contributed by atoms with van der Waals surface area (Å²) in [6.45, 7) is 2.36. The van der Waals surface area contributed by atoms with E-state index in [1.165, 1.54) is 12.1 Å². The van der Waals surface area contributed by atoms with E-state index in [0.29, 0.717) is 6.54 Å². The summed E-state index contributed by atoms with van der Waals surface area (Å²) in [6, 6.07) is 3.47. The van der Waals surface area contributed by atoms with Gasteiger partial charge >= 0.3 is 0 Å². The molecule has 0 saturated heterocycles. The van der Waals surface area contributed by atoms with E-state index < -0.39 is 15.7 Å². The Bertz CT molecular complexity index is 517. The molecule has 6 heteroatoms. The fraction of sp³-hybridized carbons (Fsp3) is 0.538. The van der Waals surface area contributed by atoms with E-state index >= 15 is 0 Å². The summed E-state index contributed by atoms with van der Waals surface area (Å²) in [5.41, 5.74) is 5.59. The molecule has 0 fully saturated rings. The quantitative estimate of drug-likeness (QED) is 0.835. The lowest BCUT2D eigenvalue weighted by atomic mass is 10.1. The molecule has 0 aliphatic carbocycles. The highest BCUT2D eigenvalue weighted by atomic mass is 32.2. The third-order valence-corrected chi connectivity index (χ3v) is 3.81. The summed E-state index contributed by atoms with van der Waals surface area (Å²) in [7, 11) is -3.46. The fourth-order valence-corrected chi connectivity index (χ4v) is 2.33. The minimum absolute atomic E-state index is 0.0891. The van der Waals surface area contributed by atoms with Gasteiger partial charge in [-0.2, -0.15) is 0 Å². The first-order valence-corrected chi connectivity index (χ1v) is 8.13. The van der Waals surface area contributed by atoms with Crippen molar-refractivity contribution < 1.29 is 17.5 Å². The van der Waals surface area contributed by atoms with Gasteiger partial charge in [-0.25, -0.2) is 12.8 Å². The van der Waals surface area contributed by atoms with Crippen LogP contribution in [0.2, 0.25) is 0 Å². The van der Waals surface area contributed by atoms with Gasteiger partial charge in [-0.3, -0.25) is 0 Å². The summed E-state index contributed by atoms with van der Waals surface area (Å²) < 4.78 is 41.8. The van der Waals surface area contributed by atoms with Crippen LogP contribution >= 0.6 is 0 Å². The van der Waals surface area contributed by atoms with Crippen LogP contribution < -0.4 is 10.5 Å². The molecule has 1 aromatic carbocycles. The molecule has 0 aromatic heterocycles. The van der Waals surface area contributed by atoms with E-state index in [2.05, 4.69) is 6.92 Å². The summed E-state index contributed by atoms with van der Waals surface area (Å²) in [4.78, 5) is -0.0891. The Labute approximate surface area is 113 Å². The molecule has 0 aliphatic heterocycles. The number of benzene rings is 1. The molecular formula is C13H20FNO3S. The molecule has 1 atom stereocenters. The maximum atomic E-state index is 13.4. The van der Waals surface area contributed by atoms with Crippen molar-refractivity contribution in [3.05, 3.63) is 24.0 Å². The summed E-state index contributed by atoms with van der Waals surface area (Å²) in [5.74, 6) is -0.434. The molecule has 1 unspecified atom stereocenters. The van der Waals surface area contributed by atoms with Gasteiger partial charge in [-0.15, -0.1) is 0 Å². The molecule has 0 spiro atoms. The van der Waals surface area contributed by atoms with Gasteiger partial charge in [0.25, 0.3) is 0 Å². The van der Waals surface area contributed by atoms with Crippen LogP contribution in [0.3, 0.4) is 0 Å². The summed E-state index contributed by atoms with van der Waals surface area (Å²) in [6.07, 6.45) is 3.53. The molecule has 108 valence electrons. The van der Waals surface area contributed by atoms with E-state index in [9.17, 15) is 12.8 Å². The molecule has 0 saturated carbocycles. The molecule has 1 rings (SSSR count). The average molecular weight is 289 g/mol. The zero-order valence-corrected chi connectivity index (χ0v) is 12.0. The van der Waals surface area contributed by atoms with E-state index in [4.69, 9.17) is 10.5 Å². The van der Waals surface area contributed by atoms with Gasteiger partial charge in [0.2, 0.25) is 0 Å². The lowest BCUT2D eigenvalue weighted by Crippen LogP contribution is -2.26. The van der Waals surface area contributed by atoms with Crippen molar-refractivity contribution in [2.45, 2.75) is 37.2 Å². The minimum Gasteiger partial charge on any atom is -0.489 e. The van der Waals surface area contributed by atoms with E-state index in [1.807, 2.05) is 0 Å². The third kappa shape index (κ3) is 5.16. The highest BCUT2D eigenvalue weighted by Gasteiger charge is 2.14. The second kappa shape index (κ2) is 6.86. The zero-order valence-electron chi connectivity index (χ0n) is 11.2. The number of ether oxygens (including phenoxy) is 1. The number of unbranched alkanes of at least 4 members (excludes halogenated alkanes) is 1. The predicted octanol–water partition coefficient (Wildman–Crippen LogP) is 2.13. The Morgan fingerprint density at radius 3 is 2.58 bits per heavy atom. The fourth-order valence-electron chi connectivity index (χ4n) is 1.67. The standard InChI is InChI=1S/C13H20FNO3S/c1-3-4-5-11(9-15)18-12-6-10(14)7-13(8-12)19(2,16)17/h6-8,11H,3-5,9,15H2,1-2H3.